The number of nitrogens with one attached hydrogen (secondary N) is 1. The van der Waals surface area contributed by atoms with Gasteiger partial charge in [0.15, 0.2) is 0 Å². The molecule has 0 bridgehead atoms. The Balaban J connectivity index is 1.64. The number of nitrogens with zero attached hydrogens (tertiary/aromatic N) is 2. The molecule has 5 heteroatoms. The van der Waals surface area contributed by atoms with Crippen molar-refractivity contribution in [2.75, 3.05) is 18.9 Å². The number of rotatable bonds is 6. The number of carbonyl (C=O) groups excluding carboxylic acids is 2. The largest absolute Gasteiger partial charge is 0.344 e. The predicted molar refractivity (Wildman–Crippen MR) is 102 cm³/mol. The number of amides is 2. The number of anilines is 1. The molecule has 136 valence electrons. The molecule has 1 aromatic carbocycles. The molecule has 1 fully saturated rings. The van der Waals surface area contributed by atoms with Crippen molar-refractivity contribution < 1.29 is 9.59 Å². The number of hydrogen-bond donors (Lipinski definition) is 1. The number of aromatic nitrogens is 1. The van der Waals surface area contributed by atoms with Gasteiger partial charge in [0.1, 0.15) is 5.41 Å². The Labute approximate surface area is 154 Å². The topological polar surface area (TPSA) is 62.3 Å². The minimum atomic E-state index is -0.900. The fraction of sp³-hybridized carbons (Fsp3) is 0.381. The minimum absolute atomic E-state index is 0.0886. The van der Waals surface area contributed by atoms with Crippen LogP contribution >= 0.6 is 0 Å². The molecule has 1 N–H and O–H groups in total. The molecule has 3 rings (SSSR count). The summed E-state index contributed by atoms with van der Waals surface area (Å²) in [4.78, 5) is 31.4. The number of likely N-dealkylation sites (N-methyl/N-ethyl adjacent to an activating group) is 1. The zero-order valence-corrected chi connectivity index (χ0v) is 15.6. The van der Waals surface area contributed by atoms with Crippen molar-refractivity contribution in [3.8, 4) is 0 Å². The molecule has 1 aromatic heterocycles. The fourth-order valence-corrected chi connectivity index (χ4v) is 3.10. The molecule has 2 aromatic rings. The van der Waals surface area contributed by atoms with Crippen molar-refractivity contribution >= 4 is 17.5 Å². The Bertz CT molecular complexity index is 813. The van der Waals surface area contributed by atoms with E-state index in [4.69, 9.17) is 0 Å². The zero-order valence-electron chi connectivity index (χ0n) is 15.6. The second-order valence-electron chi connectivity index (χ2n) is 7.12. The first kappa shape index (κ1) is 18.1. The summed E-state index contributed by atoms with van der Waals surface area (Å²) in [5.74, 6) is -0.277. The molecule has 1 aliphatic rings. The molecule has 1 aliphatic carbocycles. The van der Waals surface area contributed by atoms with Crippen LogP contribution in [0.15, 0.2) is 42.7 Å². The summed E-state index contributed by atoms with van der Waals surface area (Å²) in [5, 5.41) is 2.97. The third-order valence-electron chi connectivity index (χ3n) is 5.28. The number of carbonyl (C=O) groups is 2. The van der Waals surface area contributed by atoms with E-state index < -0.39 is 5.41 Å². The first-order valence-electron chi connectivity index (χ1n) is 8.96. The molecule has 1 saturated carbocycles. The molecule has 0 unspecified atom stereocenters. The van der Waals surface area contributed by atoms with E-state index in [-0.39, 0.29) is 11.8 Å². The van der Waals surface area contributed by atoms with Gasteiger partial charge in [0.05, 0.1) is 0 Å². The number of pyridine rings is 1. The van der Waals surface area contributed by atoms with Gasteiger partial charge in [-0.2, -0.15) is 0 Å². The van der Waals surface area contributed by atoms with Crippen molar-refractivity contribution in [3.05, 3.63) is 59.4 Å². The predicted octanol–water partition coefficient (Wildman–Crippen LogP) is 3.12. The van der Waals surface area contributed by atoms with Gasteiger partial charge in [0.2, 0.25) is 11.8 Å². The highest BCUT2D eigenvalue weighted by molar-refractivity contribution is 6.13. The van der Waals surface area contributed by atoms with Crippen molar-refractivity contribution in [2.24, 2.45) is 5.41 Å². The van der Waals surface area contributed by atoms with Gasteiger partial charge in [-0.1, -0.05) is 12.1 Å². The van der Waals surface area contributed by atoms with E-state index in [9.17, 15) is 9.59 Å². The fourth-order valence-electron chi connectivity index (χ4n) is 3.10. The molecule has 26 heavy (non-hydrogen) atoms. The molecule has 0 aliphatic heterocycles. The van der Waals surface area contributed by atoms with Crippen molar-refractivity contribution in [3.63, 3.8) is 0 Å². The summed E-state index contributed by atoms with van der Waals surface area (Å²) in [6, 6.07) is 9.70. The summed E-state index contributed by atoms with van der Waals surface area (Å²) < 4.78 is 0. The lowest BCUT2D eigenvalue weighted by atomic mass is 10.0. The second kappa shape index (κ2) is 7.28. The maximum atomic E-state index is 12.9. The van der Waals surface area contributed by atoms with Gasteiger partial charge in [0.25, 0.3) is 0 Å². The Kier molecular flexibility index (Phi) is 5.07. The maximum Gasteiger partial charge on any atom is 0.240 e. The van der Waals surface area contributed by atoms with Gasteiger partial charge in [-0.25, -0.2) is 0 Å². The normalized spacial score (nSPS) is 14.6. The Morgan fingerprint density at radius 3 is 2.50 bits per heavy atom. The van der Waals surface area contributed by atoms with E-state index in [1.165, 1.54) is 0 Å². The van der Waals surface area contributed by atoms with E-state index in [2.05, 4.69) is 10.3 Å². The maximum absolute atomic E-state index is 12.9. The zero-order chi connectivity index (χ0) is 18.7. The lowest BCUT2D eigenvalue weighted by Crippen LogP contribution is -2.42. The van der Waals surface area contributed by atoms with Gasteiger partial charge < -0.3 is 10.2 Å². The van der Waals surface area contributed by atoms with Crippen LogP contribution in [0, 0.1) is 19.3 Å². The summed E-state index contributed by atoms with van der Waals surface area (Å²) in [6.07, 6.45) is 5.47. The van der Waals surface area contributed by atoms with Crippen LogP contribution in [-0.2, 0) is 16.0 Å². The van der Waals surface area contributed by atoms with Crippen LogP contribution in [0.3, 0.4) is 0 Å². The monoisotopic (exact) mass is 351 g/mol. The molecule has 1 heterocycles. The van der Waals surface area contributed by atoms with Crippen molar-refractivity contribution in [1.29, 1.82) is 0 Å². The smallest absolute Gasteiger partial charge is 0.240 e. The Hall–Kier alpha value is -2.69. The van der Waals surface area contributed by atoms with Crippen LogP contribution in [0.1, 0.15) is 29.5 Å². The molecular formula is C21H25N3O2. The highest BCUT2D eigenvalue weighted by atomic mass is 16.2. The van der Waals surface area contributed by atoms with Crippen LogP contribution in [0.25, 0.3) is 0 Å². The Morgan fingerprint density at radius 1 is 1.15 bits per heavy atom. The van der Waals surface area contributed by atoms with E-state index in [1.54, 1.807) is 24.3 Å². The van der Waals surface area contributed by atoms with Gasteiger partial charge in [-0.05, 0) is 68.0 Å². The van der Waals surface area contributed by atoms with E-state index in [0.29, 0.717) is 19.4 Å². The van der Waals surface area contributed by atoms with Crippen LogP contribution in [-0.4, -0.2) is 35.3 Å². The quantitative estimate of drug-likeness (QED) is 0.814. The highest BCUT2D eigenvalue weighted by Gasteiger charge is 2.57. The number of benzene rings is 1. The molecular weight excluding hydrogens is 326 g/mol. The van der Waals surface area contributed by atoms with Crippen LogP contribution in [0.4, 0.5) is 5.69 Å². The van der Waals surface area contributed by atoms with Gasteiger partial charge in [-0.3, -0.25) is 14.6 Å². The first-order chi connectivity index (χ1) is 12.4. The van der Waals surface area contributed by atoms with E-state index in [1.807, 2.05) is 44.2 Å². The molecule has 2 amide bonds. The SMILES string of the molecule is Cc1cccc(NC(=O)C2(C(=O)N(C)CCc3ccncc3)CC2)c1C. The summed E-state index contributed by atoms with van der Waals surface area (Å²) >= 11 is 0. The molecule has 0 saturated heterocycles. The summed E-state index contributed by atoms with van der Waals surface area (Å²) in [6.45, 7) is 4.57. The van der Waals surface area contributed by atoms with Crippen molar-refractivity contribution in [2.45, 2.75) is 33.1 Å². The molecule has 0 radical (unpaired) electrons. The number of hydrogen-bond acceptors (Lipinski definition) is 3. The standard InChI is InChI=1S/C21H25N3O2/c1-15-5-4-6-18(16(15)2)23-19(25)21(10-11-21)20(26)24(3)14-9-17-7-12-22-13-8-17/h4-8,12-13H,9-11,14H2,1-3H3,(H,23,25). The molecule has 5 nitrogen and oxygen atoms in total. The lowest BCUT2D eigenvalue weighted by Gasteiger charge is -2.23. The van der Waals surface area contributed by atoms with Gasteiger partial charge in [0, 0.05) is 31.7 Å². The summed E-state index contributed by atoms with van der Waals surface area (Å²) in [7, 11) is 1.77. The van der Waals surface area contributed by atoms with Crippen LogP contribution in [0.5, 0.6) is 0 Å². The van der Waals surface area contributed by atoms with Gasteiger partial charge >= 0.3 is 0 Å². The van der Waals surface area contributed by atoms with Gasteiger partial charge in [-0.15, -0.1) is 0 Å². The number of aryl methyl sites for hydroxylation is 1. The minimum Gasteiger partial charge on any atom is -0.344 e. The van der Waals surface area contributed by atoms with E-state index in [0.717, 1.165) is 28.8 Å². The van der Waals surface area contributed by atoms with E-state index >= 15 is 0 Å². The average molecular weight is 351 g/mol. The second-order valence-corrected chi connectivity index (χ2v) is 7.12. The Morgan fingerprint density at radius 2 is 1.85 bits per heavy atom. The lowest BCUT2D eigenvalue weighted by molar-refractivity contribution is -0.141. The molecule has 0 atom stereocenters. The highest BCUT2D eigenvalue weighted by Crippen LogP contribution is 2.48. The third-order valence-corrected chi connectivity index (χ3v) is 5.28. The van der Waals surface area contributed by atoms with Crippen LogP contribution in [0.2, 0.25) is 0 Å². The first-order valence-corrected chi connectivity index (χ1v) is 8.96. The summed E-state index contributed by atoms with van der Waals surface area (Å²) in [5.41, 5.74) is 3.17. The third kappa shape index (κ3) is 3.62. The van der Waals surface area contributed by atoms with Crippen molar-refractivity contribution in [1.82, 2.24) is 9.88 Å². The average Bonchev–Trinajstić information content (AvgIpc) is 3.45. The molecule has 0 spiro atoms. The van der Waals surface area contributed by atoms with Crippen LogP contribution < -0.4 is 5.32 Å².